The van der Waals surface area contributed by atoms with Crippen molar-refractivity contribution in [1.29, 1.82) is 0 Å². The third kappa shape index (κ3) is 3.67. The standard InChI is InChI=1S/C11H6F10N2/c12-8(13,10(17,18)11(19,20)21)7(9(14,15)16)23-6-3-1-5(22)2-4-6/h1-4H,22H2. The molecular formula is C11H6F10N2. The first-order valence-electron chi connectivity index (χ1n) is 5.45. The van der Waals surface area contributed by atoms with Gasteiger partial charge in [-0.1, -0.05) is 0 Å². The first kappa shape index (κ1) is 19.0. The first-order chi connectivity index (χ1) is 10.1. The molecule has 1 aromatic carbocycles. The van der Waals surface area contributed by atoms with Crippen molar-refractivity contribution in [3.63, 3.8) is 0 Å². The number of halogens is 10. The lowest BCUT2D eigenvalue weighted by Gasteiger charge is -2.29. The zero-order valence-corrected chi connectivity index (χ0v) is 10.6. The van der Waals surface area contributed by atoms with Crippen LogP contribution in [0.25, 0.3) is 0 Å². The summed E-state index contributed by atoms with van der Waals surface area (Å²) in [6.45, 7) is 0. The average Bonchev–Trinajstić information content (AvgIpc) is 2.34. The van der Waals surface area contributed by atoms with Gasteiger partial charge in [0.05, 0.1) is 5.69 Å². The predicted molar refractivity (Wildman–Crippen MR) is 60.0 cm³/mol. The number of hydrogen-bond donors (Lipinski definition) is 1. The van der Waals surface area contributed by atoms with Crippen molar-refractivity contribution in [3.05, 3.63) is 24.3 Å². The van der Waals surface area contributed by atoms with E-state index >= 15 is 0 Å². The summed E-state index contributed by atoms with van der Waals surface area (Å²) in [5.74, 6) is -13.6. The van der Waals surface area contributed by atoms with Gasteiger partial charge in [-0.3, -0.25) is 0 Å². The second-order valence-corrected chi connectivity index (χ2v) is 4.20. The second-order valence-electron chi connectivity index (χ2n) is 4.20. The second kappa shape index (κ2) is 5.57. The number of anilines is 1. The minimum Gasteiger partial charge on any atom is -0.399 e. The minimum atomic E-state index is -6.97. The number of benzene rings is 1. The Hall–Kier alpha value is -2.01. The normalized spacial score (nSPS) is 15.0. The van der Waals surface area contributed by atoms with E-state index < -0.39 is 35.6 Å². The number of alkyl halides is 10. The summed E-state index contributed by atoms with van der Waals surface area (Å²) in [6.07, 6.45) is -13.1. The molecule has 1 rings (SSSR count). The van der Waals surface area contributed by atoms with Crippen molar-refractivity contribution in [3.8, 4) is 0 Å². The van der Waals surface area contributed by atoms with Gasteiger partial charge >= 0.3 is 24.2 Å². The van der Waals surface area contributed by atoms with E-state index in [0.717, 1.165) is 12.1 Å². The number of nitrogens with two attached hydrogens (primary N) is 1. The summed E-state index contributed by atoms with van der Waals surface area (Å²) >= 11 is 0. The Morgan fingerprint density at radius 2 is 1.22 bits per heavy atom. The number of aliphatic imine (C=N–C) groups is 1. The van der Waals surface area contributed by atoms with Crippen molar-refractivity contribution in [2.75, 3.05) is 5.73 Å². The van der Waals surface area contributed by atoms with Crippen LogP contribution in [-0.2, 0) is 0 Å². The lowest BCUT2D eigenvalue weighted by atomic mass is 10.1. The zero-order valence-electron chi connectivity index (χ0n) is 10.6. The summed E-state index contributed by atoms with van der Waals surface area (Å²) in [4.78, 5) is 2.23. The van der Waals surface area contributed by atoms with E-state index in [0.29, 0.717) is 12.1 Å². The molecule has 130 valence electrons. The van der Waals surface area contributed by atoms with E-state index in [-0.39, 0.29) is 5.69 Å². The maximum atomic E-state index is 13.3. The lowest BCUT2D eigenvalue weighted by Crippen LogP contribution is -2.59. The Morgan fingerprint density at radius 1 is 0.783 bits per heavy atom. The fourth-order valence-electron chi connectivity index (χ4n) is 1.32. The number of rotatable bonds is 3. The lowest BCUT2D eigenvalue weighted by molar-refractivity contribution is -0.339. The van der Waals surface area contributed by atoms with Crippen molar-refractivity contribution in [2.24, 2.45) is 4.99 Å². The van der Waals surface area contributed by atoms with Crippen LogP contribution in [0.3, 0.4) is 0 Å². The molecule has 0 fully saturated rings. The molecule has 23 heavy (non-hydrogen) atoms. The summed E-state index contributed by atoms with van der Waals surface area (Å²) < 4.78 is 126. The molecule has 0 radical (unpaired) electrons. The van der Waals surface area contributed by atoms with Gasteiger partial charge in [-0.15, -0.1) is 0 Å². The molecule has 2 N–H and O–H groups in total. The highest BCUT2D eigenvalue weighted by Crippen LogP contribution is 2.49. The van der Waals surface area contributed by atoms with Crippen LogP contribution < -0.4 is 5.73 Å². The van der Waals surface area contributed by atoms with Gasteiger partial charge in [0.15, 0.2) is 5.71 Å². The predicted octanol–water partition coefficient (Wildman–Crippen LogP) is 4.74. The van der Waals surface area contributed by atoms with Gasteiger partial charge in [0.25, 0.3) is 0 Å². The van der Waals surface area contributed by atoms with Crippen LogP contribution in [0.5, 0.6) is 0 Å². The Bertz CT molecular complexity index is 582. The Balaban J connectivity index is 3.51. The minimum absolute atomic E-state index is 0.0232. The number of nitrogens with zero attached hydrogens (tertiary/aromatic N) is 1. The topological polar surface area (TPSA) is 38.4 Å². The molecule has 0 aromatic heterocycles. The maximum Gasteiger partial charge on any atom is 0.460 e. The van der Waals surface area contributed by atoms with Gasteiger partial charge in [-0.2, -0.15) is 43.9 Å². The van der Waals surface area contributed by atoms with Crippen LogP contribution in [0.1, 0.15) is 0 Å². The number of hydrogen-bond acceptors (Lipinski definition) is 2. The van der Waals surface area contributed by atoms with Crippen LogP contribution in [0.4, 0.5) is 55.3 Å². The van der Waals surface area contributed by atoms with E-state index in [4.69, 9.17) is 5.73 Å². The molecule has 0 heterocycles. The van der Waals surface area contributed by atoms with Gasteiger partial charge in [-0.05, 0) is 24.3 Å². The van der Waals surface area contributed by atoms with E-state index in [1.807, 2.05) is 0 Å². The first-order valence-corrected chi connectivity index (χ1v) is 5.45. The molecule has 2 nitrogen and oxygen atoms in total. The van der Waals surface area contributed by atoms with Crippen molar-refractivity contribution in [1.82, 2.24) is 0 Å². The largest absolute Gasteiger partial charge is 0.460 e. The molecule has 0 bridgehead atoms. The summed E-state index contributed by atoms with van der Waals surface area (Å²) in [7, 11) is 0. The molecule has 0 atom stereocenters. The fraction of sp³-hybridized carbons (Fsp3) is 0.364. The van der Waals surface area contributed by atoms with Gasteiger partial charge in [0.1, 0.15) is 0 Å². The monoisotopic (exact) mass is 356 g/mol. The summed E-state index contributed by atoms with van der Waals surface area (Å²) in [5.41, 5.74) is 0.646. The van der Waals surface area contributed by atoms with Crippen molar-refractivity contribution >= 4 is 17.1 Å². The molecule has 0 saturated heterocycles. The summed E-state index contributed by atoms with van der Waals surface area (Å²) in [6, 6.07) is 3.07. The quantitative estimate of drug-likeness (QED) is 0.474. The van der Waals surface area contributed by atoms with Crippen LogP contribution in [-0.4, -0.2) is 29.9 Å². The highest BCUT2D eigenvalue weighted by atomic mass is 19.4. The van der Waals surface area contributed by atoms with Gasteiger partial charge < -0.3 is 5.73 Å². The van der Waals surface area contributed by atoms with Crippen LogP contribution in [0.15, 0.2) is 29.3 Å². The molecule has 12 heteroatoms. The Morgan fingerprint density at radius 3 is 1.57 bits per heavy atom. The maximum absolute atomic E-state index is 13.3. The molecular weight excluding hydrogens is 350 g/mol. The smallest absolute Gasteiger partial charge is 0.399 e. The third-order valence-electron chi connectivity index (χ3n) is 2.45. The van der Waals surface area contributed by atoms with Crippen molar-refractivity contribution < 1.29 is 43.9 Å². The molecule has 0 saturated carbocycles. The fourth-order valence-corrected chi connectivity index (χ4v) is 1.32. The zero-order chi connectivity index (χ0) is 18.3. The Labute approximate surface area is 121 Å². The average molecular weight is 356 g/mol. The Kier molecular flexibility index (Phi) is 4.61. The highest BCUT2D eigenvalue weighted by Gasteiger charge is 2.78. The SMILES string of the molecule is Nc1ccc(N=C(C(F)(F)F)C(F)(F)C(F)(F)C(F)(F)F)cc1. The molecule has 0 unspecified atom stereocenters. The van der Waals surface area contributed by atoms with Gasteiger partial charge in [-0.25, -0.2) is 4.99 Å². The molecule has 1 aromatic rings. The van der Waals surface area contributed by atoms with Crippen LogP contribution >= 0.6 is 0 Å². The van der Waals surface area contributed by atoms with Crippen LogP contribution in [0, 0.1) is 0 Å². The molecule has 0 amide bonds. The van der Waals surface area contributed by atoms with E-state index in [2.05, 4.69) is 4.99 Å². The van der Waals surface area contributed by atoms with Gasteiger partial charge in [0, 0.05) is 5.69 Å². The summed E-state index contributed by atoms with van der Waals surface area (Å²) in [5, 5.41) is 0. The molecule has 0 aliphatic rings. The van der Waals surface area contributed by atoms with Crippen LogP contribution in [0.2, 0.25) is 0 Å². The molecule has 0 spiro atoms. The highest BCUT2D eigenvalue weighted by molar-refractivity contribution is 5.98. The third-order valence-corrected chi connectivity index (χ3v) is 2.45. The van der Waals surface area contributed by atoms with E-state index in [1.165, 1.54) is 0 Å². The van der Waals surface area contributed by atoms with Gasteiger partial charge in [0.2, 0.25) is 0 Å². The van der Waals surface area contributed by atoms with E-state index in [1.54, 1.807) is 0 Å². The van der Waals surface area contributed by atoms with Crippen molar-refractivity contribution in [2.45, 2.75) is 24.2 Å². The molecule has 0 aliphatic heterocycles. The molecule has 0 aliphatic carbocycles. The van der Waals surface area contributed by atoms with E-state index in [9.17, 15) is 43.9 Å². The number of nitrogen functional groups attached to an aromatic ring is 1.